The molecular weight excluding hydrogens is 390 g/mol. The lowest BCUT2D eigenvalue weighted by molar-refractivity contribution is -0.134. The Morgan fingerprint density at radius 2 is 1.65 bits per heavy atom. The molecule has 31 heavy (non-hydrogen) atoms. The molecule has 0 unspecified atom stereocenters. The van der Waals surface area contributed by atoms with Gasteiger partial charge >= 0.3 is 5.97 Å². The van der Waals surface area contributed by atoms with E-state index in [9.17, 15) is 9.59 Å². The number of nitrogens with zero attached hydrogens (tertiary/aromatic N) is 3. The van der Waals surface area contributed by atoms with Crippen LogP contribution in [0.25, 0.3) is 10.9 Å². The third-order valence-electron chi connectivity index (χ3n) is 5.85. The van der Waals surface area contributed by atoms with Crippen molar-refractivity contribution in [2.75, 3.05) is 37.7 Å². The van der Waals surface area contributed by atoms with Gasteiger partial charge in [-0.3, -0.25) is 9.78 Å². The second-order valence-electron chi connectivity index (χ2n) is 7.71. The van der Waals surface area contributed by atoms with E-state index in [1.807, 2.05) is 56.3 Å². The van der Waals surface area contributed by atoms with Crippen molar-refractivity contribution < 1.29 is 14.3 Å². The highest BCUT2D eigenvalue weighted by Gasteiger charge is 2.24. The van der Waals surface area contributed by atoms with Gasteiger partial charge in [-0.15, -0.1) is 0 Å². The van der Waals surface area contributed by atoms with Crippen molar-refractivity contribution in [1.82, 2.24) is 9.88 Å². The molecule has 1 fully saturated rings. The van der Waals surface area contributed by atoms with Gasteiger partial charge in [0.15, 0.2) is 6.61 Å². The van der Waals surface area contributed by atoms with Crippen molar-refractivity contribution in [2.24, 2.45) is 0 Å². The molecular formula is C25H27N3O3. The number of esters is 1. The van der Waals surface area contributed by atoms with Crippen LogP contribution in [0.3, 0.4) is 0 Å². The highest BCUT2D eigenvalue weighted by molar-refractivity contribution is 5.99. The van der Waals surface area contributed by atoms with Crippen LogP contribution in [0.1, 0.15) is 28.5 Å². The molecule has 2 heterocycles. The highest BCUT2D eigenvalue weighted by Crippen LogP contribution is 2.24. The van der Waals surface area contributed by atoms with Crippen LogP contribution >= 0.6 is 0 Å². The van der Waals surface area contributed by atoms with E-state index in [4.69, 9.17) is 4.74 Å². The smallest absolute Gasteiger partial charge is 0.340 e. The molecule has 0 radical (unpaired) electrons. The van der Waals surface area contributed by atoms with Crippen LogP contribution in [-0.4, -0.2) is 54.5 Å². The van der Waals surface area contributed by atoms with Gasteiger partial charge in [0.1, 0.15) is 0 Å². The summed E-state index contributed by atoms with van der Waals surface area (Å²) < 4.78 is 5.44. The standard InChI is InChI=1S/C25H27N3O3/c1-3-21-24(18(2)20-11-7-8-12-22(20)26-21)25(30)31-17-23(29)28-15-13-27(14-16-28)19-9-5-4-6-10-19/h4-12H,3,13-17H2,1-2H3. The first kappa shape index (κ1) is 20.8. The van der Waals surface area contributed by atoms with E-state index in [1.165, 1.54) is 0 Å². The average Bonchev–Trinajstić information content (AvgIpc) is 2.83. The number of rotatable bonds is 5. The predicted molar refractivity (Wildman–Crippen MR) is 121 cm³/mol. The Morgan fingerprint density at radius 1 is 0.968 bits per heavy atom. The lowest BCUT2D eigenvalue weighted by atomic mass is 10.0. The Balaban J connectivity index is 1.39. The zero-order valence-electron chi connectivity index (χ0n) is 18.0. The van der Waals surface area contributed by atoms with Gasteiger partial charge in [0.05, 0.1) is 16.8 Å². The summed E-state index contributed by atoms with van der Waals surface area (Å²) in [6.45, 7) is 6.37. The summed E-state index contributed by atoms with van der Waals surface area (Å²) in [5, 5.41) is 0.926. The molecule has 1 aliphatic rings. The van der Waals surface area contributed by atoms with Crippen molar-refractivity contribution in [3.63, 3.8) is 0 Å². The van der Waals surface area contributed by atoms with E-state index in [2.05, 4.69) is 22.0 Å². The van der Waals surface area contributed by atoms with Gasteiger partial charge in [0, 0.05) is 37.3 Å². The van der Waals surface area contributed by atoms with Crippen molar-refractivity contribution in [2.45, 2.75) is 20.3 Å². The Bertz CT molecular complexity index is 1090. The molecule has 4 rings (SSSR count). The Kier molecular flexibility index (Phi) is 6.16. The fourth-order valence-corrected chi connectivity index (χ4v) is 4.11. The molecule has 0 spiro atoms. The van der Waals surface area contributed by atoms with Gasteiger partial charge in [0.2, 0.25) is 0 Å². The lowest BCUT2D eigenvalue weighted by Crippen LogP contribution is -2.49. The number of ether oxygens (including phenoxy) is 1. The number of piperazine rings is 1. The summed E-state index contributed by atoms with van der Waals surface area (Å²) >= 11 is 0. The van der Waals surface area contributed by atoms with E-state index < -0.39 is 5.97 Å². The second kappa shape index (κ2) is 9.16. The molecule has 0 saturated carbocycles. The molecule has 0 aliphatic carbocycles. The minimum absolute atomic E-state index is 0.162. The first-order valence-corrected chi connectivity index (χ1v) is 10.7. The van der Waals surface area contributed by atoms with Crippen molar-refractivity contribution in [1.29, 1.82) is 0 Å². The predicted octanol–water partition coefficient (Wildman–Crippen LogP) is 3.61. The quantitative estimate of drug-likeness (QED) is 0.594. The maximum atomic E-state index is 12.9. The number of aryl methyl sites for hydroxylation is 2. The van der Waals surface area contributed by atoms with Gasteiger partial charge in [-0.25, -0.2) is 4.79 Å². The molecule has 1 aromatic heterocycles. The normalized spacial score (nSPS) is 14.0. The van der Waals surface area contributed by atoms with Crippen molar-refractivity contribution in [3.05, 3.63) is 71.4 Å². The van der Waals surface area contributed by atoms with Gasteiger partial charge in [-0.05, 0) is 37.1 Å². The molecule has 0 N–H and O–H groups in total. The monoisotopic (exact) mass is 417 g/mol. The number of para-hydroxylation sites is 2. The van der Waals surface area contributed by atoms with E-state index >= 15 is 0 Å². The fourth-order valence-electron chi connectivity index (χ4n) is 4.11. The van der Waals surface area contributed by atoms with Crippen LogP contribution < -0.4 is 4.90 Å². The molecule has 1 saturated heterocycles. The fraction of sp³-hybridized carbons (Fsp3) is 0.320. The van der Waals surface area contributed by atoms with Gasteiger partial charge in [0.25, 0.3) is 5.91 Å². The third-order valence-corrected chi connectivity index (χ3v) is 5.85. The number of hydrogen-bond acceptors (Lipinski definition) is 5. The summed E-state index contributed by atoms with van der Waals surface area (Å²) in [4.78, 5) is 34.2. The van der Waals surface area contributed by atoms with Crippen molar-refractivity contribution in [3.8, 4) is 0 Å². The first-order chi connectivity index (χ1) is 15.1. The zero-order valence-corrected chi connectivity index (χ0v) is 18.0. The average molecular weight is 418 g/mol. The van der Waals surface area contributed by atoms with Crippen molar-refractivity contribution >= 4 is 28.5 Å². The number of amides is 1. The lowest BCUT2D eigenvalue weighted by Gasteiger charge is -2.36. The van der Waals surface area contributed by atoms with Gasteiger partial charge < -0.3 is 14.5 Å². The topological polar surface area (TPSA) is 62.7 Å². The number of pyridine rings is 1. The minimum Gasteiger partial charge on any atom is -0.452 e. The molecule has 1 aliphatic heterocycles. The summed E-state index contributed by atoms with van der Waals surface area (Å²) in [5.41, 5.74) is 4.04. The first-order valence-electron chi connectivity index (χ1n) is 10.7. The SMILES string of the molecule is CCc1nc2ccccc2c(C)c1C(=O)OCC(=O)N1CCN(c2ccccc2)CC1. The molecule has 0 bridgehead atoms. The number of fused-ring (bicyclic) bond motifs is 1. The summed E-state index contributed by atoms with van der Waals surface area (Å²) in [5.74, 6) is -0.644. The third kappa shape index (κ3) is 4.38. The van der Waals surface area contributed by atoms with Crippen LogP contribution in [0.2, 0.25) is 0 Å². The molecule has 2 aromatic carbocycles. The van der Waals surface area contributed by atoms with Gasteiger partial charge in [-0.1, -0.05) is 43.3 Å². The maximum Gasteiger partial charge on any atom is 0.340 e. The van der Waals surface area contributed by atoms with E-state index in [0.29, 0.717) is 30.8 Å². The largest absolute Gasteiger partial charge is 0.452 e. The molecule has 160 valence electrons. The minimum atomic E-state index is -0.483. The second-order valence-corrected chi connectivity index (χ2v) is 7.71. The van der Waals surface area contributed by atoms with Crippen LogP contribution in [-0.2, 0) is 16.0 Å². The number of aromatic nitrogens is 1. The van der Waals surface area contributed by atoms with Crippen LogP contribution in [0, 0.1) is 6.92 Å². The maximum absolute atomic E-state index is 12.9. The number of anilines is 1. The van der Waals surface area contributed by atoms with Gasteiger partial charge in [-0.2, -0.15) is 0 Å². The number of benzene rings is 2. The Morgan fingerprint density at radius 3 is 2.35 bits per heavy atom. The molecule has 6 heteroatoms. The molecule has 3 aromatic rings. The van der Waals surface area contributed by atoms with Crippen LogP contribution in [0.4, 0.5) is 5.69 Å². The van der Waals surface area contributed by atoms with Crippen LogP contribution in [0.5, 0.6) is 0 Å². The van der Waals surface area contributed by atoms with E-state index in [-0.39, 0.29) is 12.5 Å². The number of carbonyl (C=O) groups excluding carboxylic acids is 2. The summed E-state index contributed by atoms with van der Waals surface area (Å²) in [6, 6.07) is 17.9. The molecule has 0 atom stereocenters. The Hall–Kier alpha value is -3.41. The highest BCUT2D eigenvalue weighted by atomic mass is 16.5. The van der Waals surface area contributed by atoms with E-state index in [0.717, 1.165) is 35.2 Å². The van der Waals surface area contributed by atoms with Crippen LogP contribution in [0.15, 0.2) is 54.6 Å². The van der Waals surface area contributed by atoms with E-state index in [1.54, 1.807) is 4.90 Å². The number of hydrogen-bond donors (Lipinski definition) is 0. The molecule has 6 nitrogen and oxygen atoms in total. The number of carbonyl (C=O) groups is 2. The molecule has 1 amide bonds. The summed E-state index contributed by atoms with van der Waals surface area (Å²) in [6.07, 6.45) is 0.617. The Labute approximate surface area is 182 Å². The summed E-state index contributed by atoms with van der Waals surface area (Å²) in [7, 11) is 0. The zero-order chi connectivity index (χ0) is 21.8.